The third-order valence-electron chi connectivity index (χ3n) is 3.70. The lowest BCUT2D eigenvalue weighted by Crippen LogP contribution is -2.37. The minimum Gasteiger partial charge on any atom is -0.294 e. The minimum atomic E-state index is -2.41. The van der Waals surface area contributed by atoms with Crippen LogP contribution in [0, 0.1) is 5.92 Å². The van der Waals surface area contributed by atoms with Gasteiger partial charge in [0.1, 0.15) is 0 Å². The van der Waals surface area contributed by atoms with Crippen LogP contribution in [-0.2, 0) is 0 Å². The Kier molecular flexibility index (Phi) is 5.16. The Hall–Kier alpha value is -0.180. The number of hydrogen-bond acceptors (Lipinski definition) is 1. The van der Waals surface area contributed by atoms with Crippen LogP contribution in [0.5, 0.6) is 0 Å². The molecule has 0 bridgehead atoms. The van der Waals surface area contributed by atoms with E-state index in [1.54, 1.807) is 0 Å². The second-order valence-corrected chi connectivity index (χ2v) is 4.99. The summed E-state index contributed by atoms with van der Waals surface area (Å²) in [5.74, 6) is -1.61. The van der Waals surface area contributed by atoms with E-state index in [1.165, 1.54) is 12.8 Å². The zero-order chi connectivity index (χ0) is 12.2. The molecule has 0 radical (unpaired) electrons. The molecule has 0 spiro atoms. The molecule has 1 saturated heterocycles. The van der Waals surface area contributed by atoms with Gasteiger partial charge in [-0.25, -0.2) is 8.78 Å². The lowest BCUT2D eigenvalue weighted by molar-refractivity contribution is 0.00470. The SMILES string of the molecule is CC.CC1CCC(N2CCC(F)(F)C2)CC1. The third-order valence-corrected chi connectivity index (χ3v) is 3.70. The van der Waals surface area contributed by atoms with Gasteiger partial charge in [-0.3, -0.25) is 4.90 Å². The first-order chi connectivity index (χ1) is 7.57. The summed E-state index contributed by atoms with van der Waals surface area (Å²) >= 11 is 0. The number of rotatable bonds is 1. The molecule has 0 aromatic carbocycles. The summed E-state index contributed by atoms with van der Waals surface area (Å²) < 4.78 is 26.0. The molecule has 0 unspecified atom stereocenters. The zero-order valence-electron chi connectivity index (χ0n) is 10.8. The van der Waals surface area contributed by atoms with Crippen LogP contribution < -0.4 is 0 Å². The monoisotopic (exact) mass is 233 g/mol. The quantitative estimate of drug-likeness (QED) is 0.663. The van der Waals surface area contributed by atoms with E-state index < -0.39 is 5.92 Å². The highest BCUT2D eigenvalue weighted by Gasteiger charge is 2.41. The number of alkyl halides is 2. The normalized spacial score (nSPS) is 34.3. The van der Waals surface area contributed by atoms with Crippen LogP contribution in [-0.4, -0.2) is 30.0 Å². The van der Waals surface area contributed by atoms with Crippen molar-refractivity contribution in [3.8, 4) is 0 Å². The maximum atomic E-state index is 13.0. The summed E-state index contributed by atoms with van der Waals surface area (Å²) in [7, 11) is 0. The van der Waals surface area contributed by atoms with Crippen LogP contribution in [0.4, 0.5) is 8.78 Å². The predicted octanol–water partition coefficient (Wildman–Crippen LogP) is 3.93. The Morgan fingerprint density at radius 3 is 2.06 bits per heavy atom. The summed E-state index contributed by atoms with van der Waals surface area (Å²) in [6.45, 7) is 6.87. The molecular weight excluding hydrogens is 208 g/mol. The molecule has 0 aromatic rings. The number of nitrogens with zero attached hydrogens (tertiary/aromatic N) is 1. The van der Waals surface area contributed by atoms with Gasteiger partial charge in [-0.1, -0.05) is 20.8 Å². The molecule has 0 N–H and O–H groups in total. The average molecular weight is 233 g/mol. The predicted molar refractivity (Wildman–Crippen MR) is 63.9 cm³/mol. The van der Waals surface area contributed by atoms with Crippen molar-refractivity contribution in [2.75, 3.05) is 13.1 Å². The van der Waals surface area contributed by atoms with Gasteiger partial charge in [-0.05, 0) is 31.6 Å². The first-order valence-corrected chi connectivity index (χ1v) is 6.69. The maximum Gasteiger partial charge on any atom is 0.261 e. The van der Waals surface area contributed by atoms with E-state index in [-0.39, 0.29) is 13.0 Å². The fourth-order valence-corrected chi connectivity index (χ4v) is 2.68. The van der Waals surface area contributed by atoms with Crippen LogP contribution in [0.3, 0.4) is 0 Å². The van der Waals surface area contributed by atoms with Gasteiger partial charge >= 0.3 is 0 Å². The highest BCUT2D eigenvalue weighted by atomic mass is 19.3. The lowest BCUT2D eigenvalue weighted by atomic mass is 9.87. The van der Waals surface area contributed by atoms with Crippen LogP contribution in [0.15, 0.2) is 0 Å². The molecule has 0 atom stereocenters. The van der Waals surface area contributed by atoms with E-state index in [0.717, 1.165) is 18.8 Å². The summed E-state index contributed by atoms with van der Waals surface area (Å²) in [6.07, 6.45) is 4.74. The van der Waals surface area contributed by atoms with Crippen molar-refractivity contribution in [2.24, 2.45) is 5.92 Å². The minimum absolute atomic E-state index is 0.00600. The van der Waals surface area contributed by atoms with Crippen LogP contribution in [0.2, 0.25) is 0 Å². The van der Waals surface area contributed by atoms with Gasteiger partial charge < -0.3 is 0 Å². The summed E-state index contributed by atoms with van der Waals surface area (Å²) in [6, 6.07) is 0.444. The van der Waals surface area contributed by atoms with Crippen molar-refractivity contribution < 1.29 is 8.78 Å². The molecule has 1 saturated carbocycles. The van der Waals surface area contributed by atoms with Crippen LogP contribution >= 0.6 is 0 Å². The average Bonchev–Trinajstić information content (AvgIpc) is 2.63. The molecule has 96 valence electrons. The van der Waals surface area contributed by atoms with Crippen molar-refractivity contribution in [1.29, 1.82) is 0 Å². The van der Waals surface area contributed by atoms with Gasteiger partial charge in [-0.15, -0.1) is 0 Å². The lowest BCUT2D eigenvalue weighted by Gasteiger charge is -2.33. The number of halogens is 2. The second kappa shape index (κ2) is 5.95. The van der Waals surface area contributed by atoms with E-state index >= 15 is 0 Å². The molecule has 2 fully saturated rings. The molecular formula is C13H25F2N. The highest BCUT2D eigenvalue weighted by molar-refractivity contribution is 4.88. The Morgan fingerprint density at radius 1 is 1.06 bits per heavy atom. The van der Waals surface area contributed by atoms with Crippen LogP contribution in [0.25, 0.3) is 0 Å². The summed E-state index contributed by atoms with van der Waals surface area (Å²) in [4.78, 5) is 2.01. The largest absolute Gasteiger partial charge is 0.294 e. The van der Waals surface area contributed by atoms with E-state index in [4.69, 9.17) is 0 Å². The van der Waals surface area contributed by atoms with E-state index in [0.29, 0.717) is 12.6 Å². The Balaban J connectivity index is 0.000000606. The molecule has 1 nitrogen and oxygen atoms in total. The van der Waals surface area contributed by atoms with Crippen molar-refractivity contribution in [1.82, 2.24) is 4.90 Å². The van der Waals surface area contributed by atoms with Gasteiger partial charge in [-0.2, -0.15) is 0 Å². The number of hydrogen-bond donors (Lipinski definition) is 0. The highest BCUT2D eigenvalue weighted by Crippen LogP contribution is 2.33. The molecule has 1 aliphatic carbocycles. The molecule has 16 heavy (non-hydrogen) atoms. The summed E-state index contributed by atoms with van der Waals surface area (Å²) in [5.41, 5.74) is 0. The molecule has 2 rings (SSSR count). The van der Waals surface area contributed by atoms with E-state index in [9.17, 15) is 8.78 Å². The molecule has 0 amide bonds. The Bertz CT molecular complexity index is 198. The van der Waals surface area contributed by atoms with Gasteiger partial charge in [0.05, 0.1) is 6.54 Å². The summed E-state index contributed by atoms with van der Waals surface area (Å²) in [5, 5.41) is 0. The fourth-order valence-electron chi connectivity index (χ4n) is 2.68. The Morgan fingerprint density at radius 2 is 1.62 bits per heavy atom. The standard InChI is InChI=1S/C11H19F2N.C2H6/c1-9-2-4-10(5-3-9)14-7-6-11(12,13)8-14;1-2/h9-10H,2-8H2,1H3;1-2H3. The van der Waals surface area contributed by atoms with Gasteiger partial charge in [0.15, 0.2) is 0 Å². The van der Waals surface area contributed by atoms with Crippen LogP contribution in [0.1, 0.15) is 52.9 Å². The van der Waals surface area contributed by atoms with Crippen molar-refractivity contribution in [2.45, 2.75) is 64.8 Å². The first-order valence-electron chi connectivity index (χ1n) is 6.69. The van der Waals surface area contributed by atoms with Gasteiger partial charge in [0.2, 0.25) is 0 Å². The van der Waals surface area contributed by atoms with Gasteiger partial charge in [0.25, 0.3) is 5.92 Å². The fraction of sp³-hybridized carbons (Fsp3) is 1.00. The first kappa shape index (κ1) is 13.9. The van der Waals surface area contributed by atoms with E-state index in [2.05, 4.69) is 6.92 Å². The molecule has 1 aliphatic heterocycles. The maximum absolute atomic E-state index is 13.0. The topological polar surface area (TPSA) is 3.24 Å². The Labute approximate surface area is 98.2 Å². The van der Waals surface area contributed by atoms with E-state index in [1.807, 2.05) is 18.7 Å². The third kappa shape index (κ3) is 3.69. The van der Waals surface area contributed by atoms with Gasteiger partial charge in [0, 0.05) is 19.0 Å². The van der Waals surface area contributed by atoms with Crippen molar-refractivity contribution >= 4 is 0 Å². The number of likely N-dealkylation sites (tertiary alicyclic amines) is 1. The molecule has 0 aromatic heterocycles. The molecule has 1 heterocycles. The zero-order valence-corrected chi connectivity index (χ0v) is 10.8. The molecule has 2 aliphatic rings. The van der Waals surface area contributed by atoms with Crippen molar-refractivity contribution in [3.05, 3.63) is 0 Å². The smallest absolute Gasteiger partial charge is 0.261 e. The molecule has 3 heteroatoms. The van der Waals surface area contributed by atoms with Crippen molar-refractivity contribution in [3.63, 3.8) is 0 Å². The second-order valence-electron chi connectivity index (χ2n) is 4.99.